The Morgan fingerprint density at radius 2 is 2.04 bits per heavy atom. The fraction of sp³-hybridized carbons (Fsp3) is 0.375. The van der Waals surface area contributed by atoms with Crippen molar-refractivity contribution in [1.82, 2.24) is 18.9 Å². The van der Waals surface area contributed by atoms with Crippen molar-refractivity contribution in [3.63, 3.8) is 0 Å². The number of carbonyl (C=O) groups excluding carboxylic acids is 1. The Labute approximate surface area is 151 Å². The summed E-state index contributed by atoms with van der Waals surface area (Å²) < 4.78 is 12.8. The molecule has 1 fully saturated rings. The number of ether oxygens (including phenoxy) is 2. The number of hydrogen-bond acceptors (Lipinski definition) is 9. The summed E-state index contributed by atoms with van der Waals surface area (Å²) >= 11 is 0. The minimum Gasteiger partial charge on any atom is -0.465 e. The molecule has 3 N–H and O–H groups in total. The van der Waals surface area contributed by atoms with Crippen LogP contribution in [0.3, 0.4) is 0 Å². The summed E-state index contributed by atoms with van der Waals surface area (Å²) in [7, 11) is 1.21. The Bertz CT molecular complexity index is 1090. The zero-order valence-corrected chi connectivity index (χ0v) is 14.1. The molecule has 4 atom stereocenters. The molecule has 0 radical (unpaired) electrons. The predicted octanol–water partition coefficient (Wildman–Crippen LogP) is -1.56. The molecule has 3 aromatic heterocycles. The highest BCUT2D eigenvalue weighted by molar-refractivity contribution is 5.95. The fourth-order valence-corrected chi connectivity index (χ4v) is 3.19. The van der Waals surface area contributed by atoms with Crippen LogP contribution in [0.2, 0.25) is 0 Å². The van der Waals surface area contributed by atoms with Crippen molar-refractivity contribution in [1.29, 1.82) is 0 Å². The smallest absolute Gasteiger partial charge is 0.338 e. The molecule has 0 spiro atoms. The van der Waals surface area contributed by atoms with Crippen molar-refractivity contribution in [3.8, 4) is 0 Å². The maximum absolute atomic E-state index is 12.3. The number of imidazole rings is 1. The van der Waals surface area contributed by atoms with Crippen molar-refractivity contribution in [2.24, 2.45) is 0 Å². The van der Waals surface area contributed by atoms with Crippen LogP contribution in [0, 0.1) is 0 Å². The van der Waals surface area contributed by atoms with E-state index in [0.717, 1.165) is 6.07 Å². The van der Waals surface area contributed by atoms with E-state index >= 15 is 0 Å². The van der Waals surface area contributed by atoms with Gasteiger partial charge in [0.1, 0.15) is 30.2 Å². The summed E-state index contributed by atoms with van der Waals surface area (Å²) in [6, 6.07) is 2.58. The lowest BCUT2D eigenvalue weighted by molar-refractivity contribution is -0.0511. The molecule has 27 heavy (non-hydrogen) atoms. The number of rotatable bonds is 3. The van der Waals surface area contributed by atoms with Gasteiger partial charge in [0.15, 0.2) is 11.9 Å². The van der Waals surface area contributed by atoms with E-state index in [1.54, 1.807) is 0 Å². The number of esters is 1. The van der Waals surface area contributed by atoms with Crippen LogP contribution in [0.15, 0.2) is 29.6 Å². The molecule has 0 unspecified atom stereocenters. The van der Waals surface area contributed by atoms with Crippen molar-refractivity contribution < 1.29 is 29.6 Å². The molecule has 4 heterocycles. The van der Waals surface area contributed by atoms with Crippen LogP contribution in [0.25, 0.3) is 16.7 Å². The van der Waals surface area contributed by atoms with Crippen molar-refractivity contribution in [3.05, 3.63) is 40.7 Å². The molecule has 1 aliphatic rings. The normalized spacial score (nSPS) is 25.3. The average molecular weight is 376 g/mol. The Morgan fingerprint density at radius 3 is 2.70 bits per heavy atom. The van der Waals surface area contributed by atoms with Gasteiger partial charge in [0.05, 0.1) is 31.1 Å². The predicted molar refractivity (Wildman–Crippen MR) is 89.1 cm³/mol. The SMILES string of the molecule is COC(=O)c1cc(=O)n2cnc3c(ncn3[C@H]3O[C@@H](CO)[C@@H](O)[C@@H]3O)c2c1. The van der Waals surface area contributed by atoms with Gasteiger partial charge in [-0.25, -0.2) is 14.8 Å². The summed E-state index contributed by atoms with van der Waals surface area (Å²) in [4.78, 5) is 32.5. The van der Waals surface area contributed by atoms with Crippen molar-refractivity contribution in [2.45, 2.75) is 24.5 Å². The molecule has 0 amide bonds. The van der Waals surface area contributed by atoms with Crippen molar-refractivity contribution in [2.75, 3.05) is 13.7 Å². The number of aliphatic hydroxyl groups is 3. The van der Waals surface area contributed by atoms with Crippen LogP contribution in [0.5, 0.6) is 0 Å². The van der Waals surface area contributed by atoms with Gasteiger partial charge in [-0.15, -0.1) is 0 Å². The van der Waals surface area contributed by atoms with E-state index in [9.17, 15) is 24.9 Å². The van der Waals surface area contributed by atoms with Crippen LogP contribution in [0.4, 0.5) is 0 Å². The van der Waals surface area contributed by atoms with Crippen LogP contribution in [-0.4, -0.2) is 72.3 Å². The number of nitrogens with zero attached hydrogens (tertiary/aromatic N) is 4. The first-order valence-corrected chi connectivity index (χ1v) is 8.05. The Hall–Kier alpha value is -2.86. The molecular formula is C16H16N4O7. The Balaban J connectivity index is 1.89. The average Bonchev–Trinajstić information content (AvgIpc) is 3.22. The molecule has 0 bridgehead atoms. The van der Waals surface area contributed by atoms with Gasteiger partial charge in [-0.3, -0.25) is 13.8 Å². The largest absolute Gasteiger partial charge is 0.465 e. The second-order valence-corrected chi connectivity index (χ2v) is 6.13. The first kappa shape index (κ1) is 17.5. The van der Waals surface area contributed by atoms with Crippen LogP contribution in [-0.2, 0) is 9.47 Å². The number of pyridine rings is 1. The highest BCUT2D eigenvalue weighted by Gasteiger charge is 2.44. The van der Waals surface area contributed by atoms with E-state index < -0.39 is 42.7 Å². The lowest BCUT2D eigenvalue weighted by Gasteiger charge is -2.16. The summed E-state index contributed by atoms with van der Waals surface area (Å²) in [6.07, 6.45) is -1.94. The highest BCUT2D eigenvalue weighted by Crippen LogP contribution is 2.31. The monoisotopic (exact) mass is 376 g/mol. The van der Waals surface area contributed by atoms with Gasteiger partial charge in [-0.2, -0.15) is 0 Å². The van der Waals surface area contributed by atoms with Gasteiger partial charge < -0.3 is 24.8 Å². The standard InChI is InChI=1S/C16H16N4O7/c1-26-16(25)7-2-8-11-14(18-6-19(8)10(22)3-7)20(5-17-11)15-13(24)12(23)9(4-21)27-15/h2-3,5-6,9,12-13,15,21,23-24H,4H2,1H3/t9-,12+,13-,15-/m0/s1. The second kappa shape index (κ2) is 6.39. The molecule has 0 saturated carbocycles. The van der Waals surface area contributed by atoms with Gasteiger partial charge in [-0.1, -0.05) is 0 Å². The Morgan fingerprint density at radius 1 is 1.26 bits per heavy atom. The third kappa shape index (κ3) is 2.59. The topological polar surface area (TPSA) is 148 Å². The number of methoxy groups -OCH3 is 1. The zero-order chi connectivity index (χ0) is 19.3. The molecule has 11 nitrogen and oxygen atoms in total. The number of aromatic nitrogens is 4. The molecule has 0 aliphatic carbocycles. The lowest BCUT2D eigenvalue weighted by atomic mass is 10.1. The van der Waals surface area contributed by atoms with Crippen LogP contribution < -0.4 is 5.56 Å². The van der Waals surface area contributed by atoms with E-state index in [2.05, 4.69) is 14.7 Å². The van der Waals surface area contributed by atoms with E-state index in [1.807, 2.05) is 0 Å². The molecule has 3 aromatic rings. The zero-order valence-electron chi connectivity index (χ0n) is 14.1. The van der Waals surface area contributed by atoms with Crippen LogP contribution in [0.1, 0.15) is 16.6 Å². The van der Waals surface area contributed by atoms with Gasteiger partial charge in [-0.05, 0) is 6.07 Å². The van der Waals surface area contributed by atoms with E-state index in [0.29, 0.717) is 5.52 Å². The molecule has 11 heteroatoms. The van der Waals surface area contributed by atoms with Crippen LogP contribution >= 0.6 is 0 Å². The van der Waals surface area contributed by atoms with Gasteiger partial charge in [0.25, 0.3) is 5.56 Å². The maximum Gasteiger partial charge on any atom is 0.338 e. The van der Waals surface area contributed by atoms with Crippen molar-refractivity contribution >= 4 is 22.6 Å². The molecule has 1 aliphatic heterocycles. The Kier molecular flexibility index (Phi) is 4.15. The first-order chi connectivity index (χ1) is 13.0. The summed E-state index contributed by atoms with van der Waals surface area (Å²) in [6.45, 7) is -0.463. The highest BCUT2D eigenvalue weighted by atomic mass is 16.6. The maximum atomic E-state index is 12.3. The third-order valence-electron chi connectivity index (χ3n) is 4.59. The quantitative estimate of drug-likeness (QED) is 0.462. The van der Waals surface area contributed by atoms with Gasteiger partial charge in [0.2, 0.25) is 0 Å². The number of fused-ring (bicyclic) bond motifs is 3. The summed E-state index contributed by atoms with van der Waals surface area (Å²) in [5.41, 5.74) is 0.463. The molecule has 142 valence electrons. The summed E-state index contributed by atoms with van der Waals surface area (Å²) in [5, 5.41) is 29.4. The van der Waals surface area contributed by atoms with E-state index in [1.165, 1.54) is 34.8 Å². The number of carbonyl (C=O) groups is 1. The fourth-order valence-electron chi connectivity index (χ4n) is 3.19. The molecule has 0 aromatic carbocycles. The van der Waals surface area contributed by atoms with Gasteiger partial charge >= 0.3 is 5.97 Å². The van der Waals surface area contributed by atoms with Gasteiger partial charge in [0, 0.05) is 6.07 Å². The van der Waals surface area contributed by atoms with E-state index in [4.69, 9.17) is 4.74 Å². The van der Waals surface area contributed by atoms with E-state index in [-0.39, 0.29) is 16.7 Å². The number of hydrogen-bond donors (Lipinski definition) is 3. The first-order valence-electron chi connectivity index (χ1n) is 8.05. The molecule has 1 saturated heterocycles. The second-order valence-electron chi connectivity index (χ2n) is 6.13. The molecular weight excluding hydrogens is 360 g/mol. The minimum absolute atomic E-state index is 0.0671. The number of aliphatic hydroxyl groups excluding tert-OH is 3. The minimum atomic E-state index is -1.30. The third-order valence-corrected chi connectivity index (χ3v) is 4.59. The summed E-state index contributed by atoms with van der Waals surface area (Å²) in [5.74, 6) is -0.664. The lowest BCUT2D eigenvalue weighted by Crippen LogP contribution is -2.33. The molecule has 4 rings (SSSR count).